The highest BCUT2D eigenvalue weighted by molar-refractivity contribution is 8.18. The Morgan fingerprint density at radius 2 is 1.70 bits per heavy atom. The first-order chi connectivity index (χ1) is 16.1. The molecule has 0 aromatic heterocycles. The summed E-state index contributed by atoms with van der Waals surface area (Å²) < 4.78 is 11.5. The van der Waals surface area contributed by atoms with E-state index in [1.165, 1.54) is 50.3 Å². The lowest BCUT2D eigenvalue weighted by molar-refractivity contribution is -0.124. The summed E-state index contributed by atoms with van der Waals surface area (Å²) in [6, 6.07) is 4.35. The van der Waals surface area contributed by atoms with Gasteiger partial charge in [0.2, 0.25) is 0 Å². The van der Waals surface area contributed by atoms with E-state index in [0.717, 1.165) is 36.4 Å². The number of hydrogen-bond donors (Lipinski definition) is 0. The van der Waals surface area contributed by atoms with Crippen LogP contribution in [0.2, 0.25) is 5.02 Å². The third-order valence-electron chi connectivity index (χ3n) is 6.56. The third-order valence-corrected chi connectivity index (χ3v) is 7.84. The molecule has 0 N–H and O–H groups in total. The minimum absolute atomic E-state index is 0.0735. The molecule has 3 fully saturated rings. The van der Waals surface area contributed by atoms with Crippen LogP contribution >= 0.6 is 23.4 Å². The molecular weight excluding hydrogens is 456 g/mol. The van der Waals surface area contributed by atoms with Gasteiger partial charge in [0, 0.05) is 6.04 Å². The number of thioether (sulfide) groups is 1. The molecule has 180 valence electrons. The summed E-state index contributed by atoms with van der Waals surface area (Å²) in [6.07, 6.45) is 13.7. The molecule has 2 saturated carbocycles. The summed E-state index contributed by atoms with van der Waals surface area (Å²) in [5.74, 6) is 1.23. The van der Waals surface area contributed by atoms with Crippen molar-refractivity contribution in [3.8, 4) is 11.5 Å². The van der Waals surface area contributed by atoms with E-state index < -0.39 is 0 Å². The fourth-order valence-electron chi connectivity index (χ4n) is 4.97. The molecular formula is C26H35ClN2O3S. The molecule has 1 saturated heterocycles. The quantitative estimate of drug-likeness (QED) is 0.383. The normalized spacial score (nSPS) is 23.0. The summed E-state index contributed by atoms with van der Waals surface area (Å²) in [5.41, 5.74) is 0.838. The maximum atomic E-state index is 13.6. The van der Waals surface area contributed by atoms with Crippen LogP contribution in [0.15, 0.2) is 22.0 Å². The van der Waals surface area contributed by atoms with Gasteiger partial charge in [-0.2, -0.15) is 0 Å². The van der Waals surface area contributed by atoms with E-state index in [4.69, 9.17) is 26.1 Å². The van der Waals surface area contributed by atoms with E-state index in [1.807, 2.05) is 37.0 Å². The average Bonchev–Trinajstić information content (AvgIpc) is 3.12. The average molecular weight is 491 g/mol. The number of benzene rings is 1. The lowest BCUT2D eigenvalue weighted by Gasteiger charge is -2.31. The van der Waals surface area contributed by atoms with E-state index in [9.17, 15) is 4.79 Å². The molecule has 4 rings (SSSR count). The van der Waals surface area contributed by atoms with Crippen molar-refractivity contribution in [3.05, 3.63) is 27.6 Å². The van der Waals surface area contributed by atoms with Gasteiger partial charge in [-0.15, -0.1) is 0 Å². The van der Waals surface area contributed by atoms with Gasteiger partial charge in [0.15, 0.2) is 16.7 Å². The Hall–Kier alpha value is -1.66. The number of carbonyl (C=O) groups is 1. The number of nitrogens with zero attached hydrogens (tertiary/aromatic N) is 2. The first-order valence-electron chi connectivity index (χ1n) is 12.5. The van der Waals surface area contributed by atoms with Crippen LogP contribution in [-0.2, 0) is 4.79 Å². The van der Waals surface area contributed by atoms with Crippen LogP contribution in [0.25, 0.3) is 6.08 Å². The van der Waals surface area contributed by atoms with Gasteiger partial charge in [0.25, 0.3) is 5.91 Å². The topological polar surface area (TPSA) is 51.1 Å². The molecule has 3 aliphatic rings. The number of aliphatic imine (C=N–C) groups is 1. The van der Waals surface area contributed by atoms with Crippen molar-refractivity contribution in [2.24, 2.45) is 4.99 Å². The molecule has 1 aliphatic heterocycles. The van der Waals surface area contributed by atoms with Crippen molar-refractivity contribution in [1.82, 2.24) is 4.90 Å². The van der Waals surface area contributed by atoms with Crippen LogP contribution in [0.1, 0.15) is 83.6 Å². The third kappa shape index (κ3) is 5.89. The minimum atomic E-state index is 0.0735. The standard InChI is InChI=1S/C26H35ClN2O3S/c1-3-31-22-16-18(15-21(27)24(22)32-4-2)17-23-25(30)29(20-13-9-6-10-14-20)26(33-23)28-19-11-7-5-8-12-19/h15-17,19-20H,3-14H2,1-2H3. The molecule has 33 heavy (non-hydrogen) atoms. The van der Waals surface area contributed by atoms with Crippen molar-refractivity contribution in [3.63, 3.8) is 0 Å². The Kier molecular flexibility index (Phi) is 8.64. The van der Waals surface area contributed by atoms with Crippen LogP contribution in [-0.4, -0.2) is 41.3 Å². The smallest absolute Gasteiger partial charge is 0.266 e. The predicted molar refractivity (Wildman–Crippen MR) is 137 cm³/mol. The largest absolute Gasteiger partial charge is 0.490 e. The molecule has 1 aromatic rings. The number of carbonyl (C=O) groups excluding carboxylic acids is 1. The highest BCUT2D eigenvalue weighted by Gasteiger charge is 2.39. The van der Waals surface area contributed by atoms with Gasteiger partial charge >= 0.3 is 0 Å². The Labute approximate surface area is 206 Å². The van der Waals surface area contributed by atoms with Gasteiger partial charge in [0.1, 0.15) is 0 Å². The van der Waals surface area contributed by atoms with Crippen molar-refractivity contribution in [2.75, 3.05) is 13.2 Å². The number of hydrogen-bond acceptors (Lipinski definition) is 5. The Bertz CT molecular complexity index is 905. The van der Waals surface area contributed by atoms with E-state index in [-0.39, 0.29) is 11.9 Å². The van der Waals surface area contributed by atoms with Gasteiger partial charge in [-0.05, 0) is 75.1 Å². The highest BCUT2D eigenvalue weighted by Crippen LogP contribution is 2.41. The SMILES string of the molecule is CCOc1cc(C=C2SC(=NC3CCCCC3)N(C3CCCCC3)C2=O)cc(Cl)c1OCC. The van der Waals surface area contributed by atoms with E-state index in [1.54, 1.807) is 0 Å². The summed E-state index contributed by atoms with van der Waals surface area (Å²) in [4.78, 5) is 21.4. The van der Waals surface area contributed by atoms with Crippen molar-refractivity contribution >= 4 is 40.5 Å². The number of amidine groups is 1. The molecule has 0 radical (unpaired) electrons. The molecule has 1 heterocycles. The molecule has 0 unspecified atom stereocenters. The van der Waals surface area contributed by atoms with Crippen LogP contribution in [0.3, 0.4) is 0 Å². The molecule has 0 spiro atoms. The van der Waals surface area contributed by atoms with Gasteiger partial charge < -0.3 is 9.47 Å². The van der Waals surface area contributed by atoms with Gasteiger partial charge in [-0.1, -0.05) is 50.1 Å². The lowest BCUT2D eigenvalue weighted by atomic mass is 9.94. The maximum Gasteiger partial charge on any atom is 0.266 e. The zero-order valence-corrected chi connectivity index (χ0v) is 21.3. The van der Waals surface area contributed by atoms with Crippen LogP contribution in [0.5, 0.6) is 11.5 Å². The van der Waals surface area contributed by atoms with Crippen molar-refractivity contribution in [2.45, 2.75) is 90.1 Å². The Balaban J connectivity index is 1.65. The van der Waals surface area contributed by atoms with E-state index >= 15 is 0 Å². The number of halogens is 1. The second kappa shape index (κ2) is 11.7. The summed E-state index contributed by atoms with van der Waals surface area (Å²) in [5, 5.41) is 1.39. The monoisotopic (exact) mass is 490 g/mol. The van der Waals surface area contributed by atoms with Crippen LogP contribution in [0.4, 0.5) is 0 Å². The molecule has 1 amide bonds. The number of amides is 1. The minimum Gasteiger partial charge on any atom is -0.490 e. The summed E-state index contributed by atoms with van der Waals surface area (Å²) >= 11 is 8.04. The molecule has 0 bridgehead atoms. The Morgan fingerprint density at radius 1 is 1.03 bits per heavy atom. The summed E-state index contributed by atoms with van der Waals surface area (Å²) in [7, 11) is 0. The molecule has 0 atom stereocenters. The first kappa shape index (κ1) is 24.5. The molecule has 7 heteroatoms. The highest BCUT2D eigenvalue weighted by atomic mass is 35.5. The molecule has 1 aromatic carbocycles. The zero-order chi connectivity index (χ0) is 23.2. The fraction of sp³-hybridized carbons (Fsp3) is 0.615. The van der Waals surface area contributed by atoms with Gasteiger partial charge in [-0.3, -0.25) is 14.7 Å². The van der Waals surface area contributed by atoms with E-state index in [2.05, 4.69) is 0 Å². The first-order valence-corrected chi connectivity index (χ1v) is 13.7. The second-order valence-electron chi connectivity index (χ2n) is 8.98. The number of ether oxygens (including phenoxy) is 2. The van der Waals surface area contributed by atoms with E-state index in [0.29, 0.717) is 40.7 Å². The lowest BCUT2D eigenvalue weighted by Crippen LogP contribution is -2.41. The number of rotatable bonds is 7. The zero-order valence-electron chi connectivity index (χ0n) is 19.8. The van der Waals surface area contributed by atoms with Crippen molar-refractivity contribution in [1.29, 1.82) is 0 Å². The Morgan fingerprint density at radius 3 is 2.36 bits per heavy atom. The van der Waals surface area contributed by atoms with Gasteiger partial charge in [-0.25, -0.2) is 0 Å². The second-order valence-corrected chi connectivity index (χ2v) is 10.4. The fourth-order valence-corrected chi connectivity index (χ4v) is 6.36. The summed E-state index contributed by atoms with van der Waals surface area (Å²) in [6.45, 7) is 4.87. The predicted octanol–water partition coefficient (Wildman–Crippen LogP) is 7.08. The van der Waals surface area contributed by atoms with Crippen LogP contribution in [0, 0.1) is 0 Å². The van der Waals surface area contributed by atoms with Crippen molar-refractivity contribution < 1.29 is 14.3 Å². The molecule has 5 nitrogen and oxygen atoms in total. The molecule has 2 aliphatic carbocycles. The van der Waals surface area contributed by atoms with Crippen LogP contribution < -0.4 is 9.47 Å². The maximum absolute atomic E-state index is 13.6. The van der Waals surface area contributed by atoms with Gasteiger partial charge in [0.05, 0.1) is 29.2 Å².